The number of hydrogen-bond donors (Lipinski definition) is 2. The van der Waals surface area contributed by atoms with E-state index >= 15 is 0 Å². The summed E-state index contributed by atoms with van der Waals surface area (Å²) in [5, 5.41) is 14.1. The van der Waals surface area contributed by atoms with Gasteiger partial charge in [-0.1, -0.05) is 42.0 Å². The van der Waals surface area contributed by atoms with Gasteiger partial charge in [0.25, 0.3) is 0 Å². The van der Waals surface area contributed by atoms with Gasteiger partial charge in [-0.15, -0.1) is 0 Å². The number of nitrogens with one attached hydrogen (secondary N) is 1. The molecular weight excluding hydrogens is 398 g/mol. The lowest BCUT2D eigenvalue weighted by Gasteiger charge is -2.35. The molecule has 0 saturated heterocycles. The van der Waals surface area contributed by atoms with E-state index in [0.717, 1.165) is 39.3 Å². The SMILES string of the molecule is COc1c(O)ccc2c1-c1ccc3c(c1/C(=C/c1cccc(C)c1)O2)C(C)=CC(C)(C)N3. The maximum Gasteiger partial charge on any atom is 0.172 e. The van der Waals surface area contributed by atoms with Crippen LogP contribution in [0.1, 0.15) is 43.0 Å². The van der Waals surface area contributed by atoms with Crippen molar-refractivity contribution < 1.29 is 14.6 Å². The van der Waals surface area contributed by atoms with Crippen LogP contribution in [0.4, 0.5) is 5.69 Å². The average Bonchev–Trinajstić information content (AvgIpc) is 2.72. The Morgan fingerprint density at radius 2 is 1.81 bits per heavy atom. The van der Waals surface area contributed by atoms with E-state index in [-0.39, 0.29) is 11.3 Å². The number of ether oxygens (including phenoxy) is 2. The number of phenolic OH excluding ortho intramolecular Hbond substituents is 1. The summed E-state index contributed by atoms with van der Waals surface area (Å²) in [6.07, 6.45) is 4.33. The number of anilines is 1. The highest BCUT2D eigenvalue weighted by atomic mass is 16.5. The lowest BCUT2D eigenvalue weighted by Crippen LogP contribution is -2.32. The molecule has 0 fully saturated rings. The number of benzene rings is 3. The van der Waals surface area contributed by atoms with Crippen molar-refractivity contribution in [3.8, 4) is 28.4 Å². The second-order valence-corrected chi connectivity index (χ2v) is 9.10. The van der Waals surface area contributed by atoms with Gasteiger partial charge in [0, 0.05) is 22.4 Å². The summed E-state index contributed by atoms with van der Waals surface area (Å²) < 4.78 is 12.1. The molecule has 3 aromatic carbocycles. The van der Waals surface area contributed by atoms with E-state index in [0.29, 0.717) is 11.5 Å². The highest BCUT2D eigenvalue weighted by molar-refractivity contribution is 6.02. The molecule has 4 nitrogen and oxygen atoms in total. The Morgan fingerprint density at radius 1 is 1.00 bits per heavy atom. The zero-order valence-corrected chi connectivity index (χ0v) is 19.0. The van der Waals surface area contributed by atoms with Gasteiger partial charge >= 0.3 is 0 Å². The van der Waals surface area contributed by atoms with Crippen molar-refractivity contribution in [2.45, 2.75) is 33.2 Å². The van der Waals surface area contributed by atoms with E-state index < -0.39 is 0 Å². The first-order valence-electron chi connectivity index (χ1n) is 10.8. The number of methoxy groups -OCH3 is 1. The first-order valence-corrected chi connectivity index (χ1v) is 10.8. The minimum absolute atomic E-state index is 0.0937. The summed E-state index contributed by atoms with van der Waals surface area (Å²) in [6.45, 7) is 8.55. The van der Waals surface area contributed by atoms with Crippen molar-refractivity contribution in [1.82, 2.24) is 0 Å². The number of allylic oxidation sites excluding steroid dienone is 1. The molecule has 2 aliphatic rings. The maximum atomic E-state index is 10.5. The number of phenols is 1. The summed E-state index contributed by atoms with van der Waals surface area (Å²) in [5.41, 5.74) is 8.22. The van der Waals surface area contributed by atoms with Crippen LogP contribution in [0, 0.1) is 6.92 Å². The van der Waals surface area contributed by atoms with Crippen LogP contribution in [0.5, 0.6) is 17.2 Å². The van der Waals surface area contributed by atoms with Crippen molar-refractivity contribution in [2.24, 2.45) is 0 Å². The molecule has 2 heterocycles. The molecule has 0 saturated carbocycles. The molecule has 0 unspecified atom stereocenters. The predicted octanol–water partition coefficient (Wildman–Crippen LogP) is 6.87. The fraction of sp³-hybridized carbons (Fsp3) is 0.214. The Hall–Kier alpha value is -3.66. The normalized spacial score (nSPS) is 16.8. The molecule has 0 aromatic heterocycles. The van der Waals surface area contributed by atoms with E-state index in [1.165, 1.54) is 11.1 Å². The van der Waals surface area contributed by atoms with Crippen molar-refractivity contribution in [1.29, 1.82) is 0 Å². The van der Waals surface area contributed by atoms with Gasteiger partial charge in [-0.05, 0) is 63.1 Å². The van der Waals surface area contributed by atoms with Crippen molar-refractivity contribution in [3.63, 3.8) is 0 Å². The molecule has 32 heavy (non-hydrogen) atoms. The highest BCUT2D eigenvalue weighted by Crippen LogP contribution is 2.54. The summed E-state index contributed by atoms with van der Waals surface area (Å²) in [6, 6.07) is 16.0. The summed E-state index contributed by atoms with van der Waals surface area (Å²) in [7, 11) is 1.57. The molecule has 0 radical (unpaired) electrons. The highest BCUT2D eigenvalue weighted by Gasteiger charge is 2.33. The second kappa shape index (κ2) is 7.20. The Balaban J connectivity index is 1.84. The smallest absolute Gasteiger partial charge is 0.172 e. The molecule has 162 valence electrons. The second-order valence-electron chi connectivity index (χ2n) is 9.10. The molecule has 0 spiro atoms. The molecule has 0 aliphatic carbocycles. The molecule has 4 heteroatoms. The minimum Gasteiger partial charge on any atom is -0.504 e. The maximum absolute atomic E-state index is 10.5. The summed E-state index contributed by atoms with van der Waals surface area (Å²) >= 11 is 0. The molecule has 5 rings (SSSR count). The first kappa shape index (κ1) is 20.3. The lowest BCUT2D eigenvalue weighted by atomic mass is 9.82. The number of aryl methyl sites for hydroxylation is 1. The van der Waals surface area contributed by atoms with Crippen molar-refractivity contribution in [3.05, 3.63) is 76.9 Å². The van der Waals surface area contributed by atoms with E-state index in [9.17, 15) is 5.11 Å². The van der Waals surface area contributed by atoms with E-state index in [4.69, 9.17) is 9.47 Å². The van der Waals surface area contributed by atoms with Gasteiger partial charge < -0.3 is 19.9 Å². The van der Waals surface area contributed by atoms with E-state index in [2.05, 4.69) is 81.6 Å². The van der Waals surface area contributed by atoms with Crippen LogP contribution < -0.4 is 14.8 Å². The van der Waals surface area contributed by atoms with Crippen LogP contribution in [0.25, 0.3) is 28.5 Å². The van der Waals surface area contributed by atoms with E-state index in [1.807, 2.05) is 0 Å². The minimum atomic E-state index is -0.144. The third-order valence-electron chi connectivity index (χ3n) is 6.01. The van der Waals surface area contributed by atoms with Crippen LogP contribution in [-0.2, 0) is 0 Å². The molecule has 3 aromatic rings. The Kier molecular flexibility index (Phi) is 4.55. The largest absolute Gasteiger partial charge is 0.504 e. The van der Waals surface area contributed by atoms with Crippen LogP contribution in [0.2, 0.25) is 0 Å². The van der Waals surface area contributed by atoms with Gasteiger partial charge in [0.1, 0.15) is 11.5 Å². The Labute approximate surface area is 188 Å². The van der Waals surface area contributed by atoms with Gasteiger partial charge in [-0.2, -0.15) is 0 Å². The molecule has 0 atom stereocenters. The van der Waals surface area contributed by atoms with Crippen LogP contribution >= 0.6 is 0 Å². The molecule has 0 amide bonds. The predicted molar refractivity (Wildman–Crippen MR) is 131 cm³/mol. The Bertz CT molecular complexity index is 1310. The van der Waals surface area contributed by atoms with Gasteiger partial charge in [0.15, 0.2) is 11.5 Å². The Morgan fingerprint density at radius 3 is 2.56 bits per heavy atom. The monoisotopic (exact) mass is 425 g/mol. The zero-order valence-electron chi connectivity index (χ0n) is 19.0. The average molecular weight is 426 g/mol. The number of fused-ring (bicyclic) bond motifs is 5. The number of hydrogen-bond acceptors (Lipinski definition) is 4. The van der Waals surface area contributed by atoms with Crippen LogP contribution in [-0.4, -0.2) is 17.8 Å². The van der Waals surface area contributed by atoms with E-state index in [1.54, 1.807) is 19.2 Å². The fourth-order valence-electron chi connectivity index (χ4n) is 4.86. The third kappa shape index (κ3) is 3.23. The standard InChI is InChI=1S/C28H27NO3/c1-16-7-6-8-18(13-16)14-23-25-19(26-22(32-23)12-11-21(30)27(26)31-5)9-10-20-24(25)17(2)15-28(3,4)29-20/h6-15,29-30H,1-5H3/b23-14-. The lowest BCUT2D eigenvalue weighted by molar-refractivity contribution is 0.371. The summed E-state index contributed by atoms with van der Waals surface area (Å²) in [5.74, 6) is 1.95. The first-order chi connectivity index (χ1) is 15.3. The van der Waals surface area contributed by atoms with Gasteiger partial charge in [-0.3, -0.25) is 0 Å². The number of rotatable bonds is 2. The van der Waals surface area contributed by atoms with Crippen molar-refractivity contribution in [2.75, 3.05) is 12.4 Å². The third-order valence-corrected chi connectivity index (χ3v) is 6.01. The fourth-order valence-corrected chi connectivity index (χ4v) is 4.86. The topological polar surface area (TPSA) is 50.7 Å². The quantitative estimate of drug-likeness (QED) is 0.470. The number of aromatic hydroxyl groups is 1. The molecule has 0 bridgehead atoms. The molecule has 2 N–H and O–H groups in total. The van der Waals surface area contributed by atoms with Gasteiger partial charge in [0.05, 0.1) is 18.2 Å². The molecule has 2 aliphatic heterocycles. The van der Waals surface area contributed by atoms with Gasteiger partial charge in [-0.25, -0.2) is 0 Å². The summed E-state index contributed by atoms with van der Waals surface area (Å²) in [4.78, 5) is 0. The van der Waals surface area contributed by atoms with Gasteiger partial charge in [0.2, 0.25) is 0 Å². The zero-order chi connectivity index (χ0) is 22.6. The molecular formula is C28H27NO3. The van der Waals surface area contributed by atoms with Crippen molar-refractivity contribution >= 4 is 23.1 Å². The van der Waals surface area contributed by atoms with Crippen LogP contribution in [0.3, 0.4) is 0 Å². The van der Waals surface area contributed by atoms with Crippen LogP contribution in [0.15, 0.2) is 54.6 Å².